The topological polar surface area (TPSA) is 43.4 Å². The number of hydrogen-bond acceptors (Lipinski definition) is 4. The zero-order valence-corrected chi connectivity index (χ0v) is 11.6. The van der Waals surface area contributed by atoms with Crippen molar-refractivity contribution >= 4 is 23.1 Å². The Labute approximate surface area is 115 Å². The monoisotopic (exact) mass is 274 g/mol. The number of rotatable bonds is 4. The first-order chi connectivity index (χ1) is 9.10. The van der Waals surface area contributed by atoms with Crippen LogP contribution in [0, 0.1) is 6.92 Å². The van der Waals surface area contributed by atoms with Crippen LogP contribution < -0.4 is 0 Å². The van der Waals surface area contributed by atoms with Gasteiger partial charge in [-0.2, -0.15) is 0 Å². The van der Waals surface area contributed by atoms with Gasteiger partial charge >= 0.3 is 5.97 Å². The first-order valence-electron chi connectivity index (χ1n) is 5.85. The minimum atomic E-state index is -0.395. The summed E-state index contributed by atoms with van der Waals surface area (Å²) in [7, 11) is 1.33. The number of carbonyl (C=O) groups excluding carboxylic acids is 2. The molecule has 4 heteroatoms. The van der Waals surface area contributed by atoms with E-state index in [9.17, 15) is 9.59 Å². The number of Topliss-reactive ketones (excluding diaryl/α,β-unsaturated/α-hetero) is 1. The zero-order chi connectivity index (χ0) is 13.8. The highest BCUT2D eigenvalue weighted by Gasteiger charge is 2.10. The van der Waals surface area contributed by atoms with E-state index in [-0.39, 0.29) is 5.78 Å². The summed E-state index contributed by atoms with van der Waals surface area (Å²) in [5.41, 5.74) is 2.23. The molecule has 1 heterocycles. The predicted molar refractivity (Wildman–Crippen MR) is 74.9 cm³/mol. The van der Waals surface area contributed by atoms with Gasteiger partial charge in [0.1, 0.15) is 0 Å². The van der Waals surface area contributed by atoms with Crippen LogP contribution in [0.3, 0.4) is 0 Å². The molecule has 0 atom stereocenters. The third kappa shape index (κ3) is 3.29. The van der Waals surface area contributed by atoms with E-state index in [1.807, 2.05) is 18.4 Å². The Kier molecular flexibility index (Phi) is 4.12. The van der Waals surface area contributed by atoms with E-state index in [4.69, 9.17) is 0 Å². The van der Waals surface area contributed by atoms with Crippen molar-refractivity contribution in [3.8, 4) is 0 Å². The van der Waals surface area contributed by atoms with Gasteiger partial charge in [0.2, 0.25) is 0 Å². The van der Waals surface area contributed by atoms with Gasteiger partial charge in [0, 0.05) is 16.9 Å². The second-order valence-corrected chi connectivity index (χ2v) is 5.26. The molecular weight excluding hydrogens is 260 g/mol. The highest BCUT2D eigenvalue weighted by Crippen LogP contribution is 2.16. The molecule has 0 fully saturated rings. The molecule has 0 spiro atoms. The third-order valence-electron chi connectivity index (χ3n) is 2.75. The van der Waals surface area contributed by atoms with E-state index in [0.717, 1.165) is 4.88 Å². The molecule has 3 nitrogen and oxygen atoms in total. The number of thiophene rings is 1. The molecule has 0 radical (unpaired) electrons. The number of benzene rings is 1. The van der Waals surface area contributed by atoms with E-state index in [1.54, 1.807) is 35.6 Å². The van der Waals surface area contributed by atoms with Crippen molar-refractivity contribution in [2.24, 2.45) is 0 Å². The fourth-order valence-corrected chi connectivity index (χ4v) is 2.63. The van der Waals surface area contributed by atoms with Crippen molar-refractivity contribution in [1.29, 1.82) is 0 Å². The normalized spacial score (nSPS) is 10.2. The van der Waals surface area contributed by atoms with Gasteiger partial charge in [-0.05, 0) is 36.1 Å². The first kappa shape index (κ1) is 13.5. The van der Waals surface area contributed by atoms with Gasteiger partial charge in [0.05, 0.1) is 12.7 Å². The Bertz CT molecular complexity index is 596. The van der Waals surface area contributed by atoms with Crippen molar-refractivity contribution in [1.82, 2.24) is 0 Å². The summed E-state index contributed by atoms with van der Waals surface area (Å²) in [6.45, 7) is 2.01. The lowest BCUT2D eigenvalue weighted by molar-refractivity contribution is 0.0600. The molecule has 0 saturated heterocycles. The van der Waals surface area contributed by atoms with Crippen molar-refractivity contribution in [3.63, 3.8) is 0 Å². The molecule has 2 aromatic rings. The number of methoxy groups -OCH3 is 1. The Morgan fingerprint density at radius 2 is 1.79 bits per heavy atom. The smallest absolute Gasteiger partial charge is 0.337 e. The summed E-state index contributed by atoms with van der Waals surface area (Å²) >= 11 is 1.59. The molecule has 98 valence electrons. The Morgan fingerprint density at radius 1 is 1.16 bits per heavy atom. The van der Waals surface area contributed by atoms with E-state index in [1.165, 1.54) is 12.7 Å². The molecule has 1 aromatic heterocycles. The van der Waals surface area contributed by atoms with Gasteiger partial charge in [-0.25, -0.2) is 4.79 Å². The minimum absolute atomic E-state index is 0.0539. The summed E-state index contributed by atoms with van der Waals surface area (Å²) in [6, 6.07) is 8.56. The van der Waals surface area contributed by atoms with Crippen molar-refractivity contribution in [2.45, 2.75) is 13.3 Å². The summed E-state index contributed by atoms with van der Waals surface area (Å²) in [5, 5.41) is 2.03. The number of carbonyl (C=O) groups is 2. The second-order valence-electron chi connectivity index (χ2n) is 4.26. The van der Waals surface area contributed by atoms with Gasteiger partial charge in [0.15, 0.2) is 5.78 Å². The van der Waals surface area contributed by atoms with Gasteiger partial charge in [0.25, 0.3) is 0 Å². The highest BCUT2D eigenvalue weighted by molar-refractivity contribution is 7.10. The van der Waals surface area contributed by atoms with Crippen molar-refractivity contribution < 1.29 is 14.3 Å². The fourth-order valence-electron chi connectivity index (χ4n) is 1.75. The van der Waals surface area contributed by atoms with Crippen LogP contribution in [0.1, 0.15) is 31.2 Å². The molecule has 1 aromatic carbocycles. The fraction of sp³-hybridized carbons (Fsp3) is 0.200. The molecule has 0 aliphatic rings. The molecule has 0 unspecified atom stereocenters. The number of hydrogen-bond donors (Lipinski definition) is 0. The standard InChI is InChI=1S/C15H14O3S/c1-10-7-13(19-9-10)8-14(16)11-3-5-12(6-4-11)15(17)18-2/h3-7,9H,8H2,1-2H3. The van der Waals surface area contributed by atoms with E-state index >= 15 is 0 Å². The molecule has 19 heavy (non-hydrogen) atoms. The predicted octanol–water partition coefficient (Wildman–Crippen LogP) is 3.27. The van der Waals surface area contributed by atoms with Crippen LogP contribution in [0.4, 0.5) is 0 Å². The van der Waals surface area contributed by atoms with Gasteiger partial charge in [-0.1, -0.05) is 12.1 Å². The molecule has 0 N–H and O–H groups in total. The molecule has 0 aliphatic carbocycles. The van der Waals surface area contributed by atoms with Gasteiger partial charge in [-0.3, -0.25) is 4.79 Å². The third-order valence-corrected chi connectivity index (χ3v) is 3.80. The van der Waals surface area contributed by atoms with E-state index in [2.05, 4.69) is 4.74 Å². The lowest BCUT2D eigenvalue weighted by Crippen LogP contribution is -2.05. The molecular formula is C15H14O3S. The Balaban J connectivity index is 2.09. The minimum Gasteiger partial charge on any atom is -0.465 e. The van der Waals surface area contributed by atoms with Crippen LogP contribution >= 0.6 is 11.3 Å². The molecule has 0 saturated carbocycles. The molecule has 2 rings (SSSR count). The quantitative estimate of drug-likeness (QED) is 0.635. The van der Waals surface area contributed by atoms with Crippen LogP contribution in [-0.2, 0) is 11.2 Å². The number of ether oxygens (including phenoxy) is 1. The number of ketones is 1. The molecule has 0 amide bonds. The van der Waals surface area contributed by atoms with Gasteiger partial charge in [-0.15, -0.1) is 11.3 Å². The number of esters is 1. The lowest BCUT2D eigenvalue weighted by atomic mass is 10.1. The largest absolute Gasteiger partial charge is 0.465 e. The van der Waals surface area contributed by atoms with Crippen LogP contribution in [-0.4, -0.2) is 18.9 Å². The SMILES string of the molecule is COC(=O)c1ccc(C(=O)Cc2cc(C)cs2)cc1. The van der Waals surface area contributed by atoms with Crippen molar-refractivity contribution in [3.05, 3.63) is 57.3 Å². The maximum absolute atomic E-state index is 12.1. The highest BCUT2D eigenvalue weighted by atomic mass is 32.1. The van der Waals surface area contributed by atoms with Crippen LogP contribution in [0.25, 0.3) is 0 Å². The Morgan fingerprint density at radius 3 is 2.32 bits per heavy atom. The molecule has 0 aliphatic heterocycles. The first-order valence-corrected chi connectivity index (χ1v) is 6.73. The Hall–Kier alpha value is -1.94. The van der Waals surface area contributed by atoms with Crippen LogP contribution in [0.5, 0.6) is 0 Å². The summed E-state index contributed by atoms with van der Waals surface area (Å²) in [4.78, 5) is 24.4. The van der Waals surface area contributed by atoms with E-state index < -0.39 is 5.97 Å². The molecule has 0 bridgehead atoms. The zero-order valence-electron chi connectivity index (χ0n) is 10.8. The maximum atomic E-state index is 12.1. The summed E-state index contributed by atoms with van der Waals surface area (Å²) < 4.78 is 4.61. The number of aryl methyl sites for hydroxylation is 1. The van der Waals surface area contributed by atoms with Crippen molar-refractivity contribution in [2.75, 3.05) is 7.11 Å². The summed E-state index contributed by atoms with van der Waals surface area (Å²) in [6.07, 6.45) is 0.399. The maximum Gasteiger partial charge on any atom is 0.337 e. The lowest BCUT2D eigenvalue weighted by Gasteiger charge is -2.02. The summed E-state index contributed by atoms with van der Waals surface area (Å²) in [5.74, 6) is -0.342. The van der Waals surface area contributed by atoms with Gasteiger partial charge < -0.3 is 4.74 Å². The second kappa shape index (κ2) is 5.80. The van der Waals surface area contributed by atoms with E-state index in [0.29, 0.717) is 17.5 Å². The average molecular weight is 274 g/mol. The van der Waals surface area contributed by atoms with Crippen LogP contribution in [0.2, 0.25) is 0 Å². The van der Waals surface area contributed by atoms with Crippen LogP contribution in [0.15, 0.2) is 35.7 Å². The average Bonchev–Trinajstić information content (AvgIpc) is 2.83.